The van der Waals surface area contributed by atoms with E-state index in [2.05, 4.69) is 57.7 Å². The minimum Gasteiger partial charge on any atom is -0.480 e. The molecule has 0 saturated carbocycles. The number of nitrogens with one attached hydrogen (secondary N) is 5. The first-order valence-corrected chi connectivity index (χ1v) is 32.2. The molecule has 1 aromatic rings. The average molecular weight is 1230 g/mol. The molecule has 3 rings (SSSR count). The summed E-state index contributed by atoms with van der Waals surface area (Å²) in [6, 6.07) is 4.52. The van der Waals surface area contributed by atoms with E-state index in [1.807, 2.05) is 24.3 Å². The van der Waals surface area contributed by atoms with Gasteiger partial charge >= 0.3 is 35.8 Å². The molecule has 0 bridgehead atoms. The number of nitrogens with zero attached hydrogens (tertiary/aromatic N) is 8. The van der Waals surface area contributed by atoms with Crippen molar-refractivity contribution in [3.05, 3.63) is 35.4 Å². The molecule has 2 heterocycles. The highest BCUT2D eigenvalue weighted by atomic mass is 28.3. The van der Waals surface area contributed by atoms with Crippen LogP contribution in [-0.2, 0) is 59.2 Å². The summed E-state index contributed by atoms with van der Waals surface area (Å²) in [4.78, 5) is 152. The smallest absolute Gasteiger partial charge is 0.317 e. The monoisotopic (exact) mass is 1230 g/mol. The molecule has 3 atom stereocenters. The van der Waals surface area contributed by atoms with Crippen LogP contribution in [0.2, 0.25) is 19.6 Å². The quantitative estimate of drug-likeness (QED) is 0.0214. The number of carboxylic acid groups (broad SMARTS) is 6. The van der Waals surface area contributed by atoms with Gasteiger partial charge in [-0.1, -0.05) is 37.7 Å². The molecule has 5 amide bonds. The topological polar surface area (TPSA) is 395 Å². The van der Waals surface area contributed by atoms with Crippen LogP contribution in [0.4, 0.5) is 0 Å². The van der Waals surface area contributed by atoms with Crippen LogP contribution in [0.1, 0.15) is 31.4 Å². The summed E-state index contributed by atoms with van der Waals surface area (Å²) >= 11 is 0. The molecule has 480 valence electrons. The summed E-state index contributed by atoms with van der Waals surface area (Å²) in [5, 5.41) is 70.6. The number of rotatable bonds is 28. The van der Waals surface area contributed by atoms with Crippen molar-refractivity contribution in [1.82, 2.24) is 65.8 Å². The van der Waals surface area contributed by atoms with E-state index >= 15 is 0 Å². The Hall–Kier alpha value is -7.15. The van der Waals surface area contributed by atoms with Crippen molar-refractivity contribution < 1.29 is 83.4 Å². The molecule has 3 unspecified atom stereocenters. The number of carbonyl (C=O) groups is 11. The van der Waals surface area contributed by atoms with Crippen LogP contribution in [0.3, 0.4) is 0 Å². The van der Waals surface area contributed by atoms with Gasteiger partial charge in [-0.2, -0.15) is 0 Å². The minimum absolute atomic E-state index is 0.130. The van der Waals surface area contributed by atoms with Crippen molar-refractivity contribution in [2.45, 2.75) is 64.5 Å². The van der Waals surface area contributed by atoms with E-state index < -0.39 is 111 Å². The third-order valence-corrected chi connectivity index (χ3v) is 15.1. The van der Waals surface area contributed by atoms with E-state index in [1.165, 1.54) is 0 Å². The lowest BCUT2D eigenvalue weighted by Gasteiger charge is -2.35. The second-order valence-corrected chi connectivity index (χ2v) is 27.1. The van der Waals surface area contributed by atoms with Gasteiger partial charge in [-0.3, -0.25) is 91.9 Å². The van der Waals surface area contributed by atoms with Crippen LogP contribution in [0.25, 0.3) is 0 Å². The molecule has 0 spiro atoms. The maximum absolute atomic E-state index is 13.8. The number of amides is 5. The fourth-order valence-electron chi connectivity index (χ4n) is 9.31. The van der Waals surface area contributed by atoms with Crippen molar-refractivity contribution in [1.29, 1.82) is 0 Å². The van der Waals surface area contributed by atoms with Crippen LogP contribution in [0.5, 0.6) is 0 Å². The van der Waals surface area contributed by atoms with Crippen LogP contribution in [-0.4, -0.2) is 332 Å². The SMILES string of the molecule is CC(C(=O)NCC(=O)NCC(NC(=O)CNC(=O)C(C)N1CCN(CC(=O)O)CCN(CC(=O)O)CCN(CC(=O)O)CC1)C(=O)NCCCc1ccc(C#C[Si](C)(C)C)cc1)N1CCN(CC(=O)O)CCN(CC(=O)O)CCN(CC(=O)O)CC1. The lowest BCUT2D eigenvalue weighted by atomic mass is 10.1. The first kappa shape index (κ1) is 73.1. The zero-order valence-electron chi connectivity index (χ0n) is 50.1. The van der Waals surface area contributed by atoms with Gasteiger partial charge < -0.3 is 57.2 Å². The summed E-state index contributed by atoms with van der Waals surface area (Å²) < 4.78 is 0. The molecule has 1 aromatic carbocycles. The Labute approximate surface area is 502 Å². The highest BCUT2D eigenvalue weighted by Crippen LogP contribution is 2.10. The number of benzene rings is 1. The van der Waals surface area contributed by atoms with Gasteiger partial charge in [0.2, 0.25) is 29.5 Å². The number of carboxylic acids is 6. The summed E-state index contributed by atoms with van der Waals surface area (Å²) in [6.07, 6.45) is 1.08. The Bertz CT molecular complexity index is 2450. The van der Waals surface area contributed by atoms with Crippen LogP contribution in [0, 0.1) is 11.5 Å². The lowest BCUT2D eigenvalue weighted by molar-refractivity contribution is -0.141. The normalized spacial score (nSPS) is 17.8. The Morgan fingerprint density at radius 3 is 1.10 bits per heavy atom. The van der Waals surface area contributed by atoms with Crippen LogP contribution >= 0.6 is 0 Å². The highest BCUT2D eigenvalue weighted by molar-refractivity contribution is 6.83. The summed E-state index contributed by atoms with van der Waals surface area (Å²) in [6.45, 7) is 8.40. The van der Waals surface area contributed by atoms with Gasteiger partial charge in [0.05, 0.1) is 64.4 Å². The molecule has 0 aromatic heterocycles. The molecule has 31 heteroatoms. The standard InChI is InChI=1S/C55H89N13O17Si/c1-40(67-26-22-63(36-49(75)76)18-14-61(34-47(71)72)15-19-64(23-27-67)37-50(77)78)53(83)58-32-45(69)57-31-44(55(85)56-13-6-7-42-8-10-43(11-9-42)12-30-86(3,4)5)60-46(70)33-59-54(84)41(2)68-28-24-65(38-51(79)80)20-16-62(35-48(73)74)17-21-66(25-29-68)39-52(81)82/h8-11,40-41,44H,6-7,13-29,31-39H2,1-5H3,(H,56,85)(H,57,69)(H,58,83)(H,59,84)(H,60,70)(H,71,72)(H,73,74)(H,75,76)(H,77,78)(H,79,80)(H,81,82). The van der Waals surface area contributed by atoms with Crippen molar-refractivity contribution in [2.75, 3.05) is 170 Å². The van der Waals surface area contributed by atoms with Crippen molar-refractivity contribution in [2.24, 2.45) is 0 Å². The zero-order chi connectivity index (χ0) is 63.9. The molecule has 2 aliphatic heterocycles. The molecule has 2 fully saturated rings. The maximum atomic E-state index is 13.8. The number of hydrogen-bond acceptors (Lipinski definition) is 19. The van der Waals surface area contributed by atoms with E-state index in [1.54, 1.807) is 53.0 Å². The van der Waals surface area contributed by atoms with Gasteiger partial charge in [0, 0.05) is 123 Å². The Kier molecular flexibility index (Phi) is 32.4. The van der Waals surface area contributed by atoms with E-state index in [4.69, 9.17) is 0 Å². The van der Waals surface area contributed by atoms with Gasteiger partial charge in [0.15, 0.2) is 0 Å². The molecular formula is C55H89N13O17Si. The first-order valence-electron chi connectivity index (χ1n) is 28.7. The Morgan fingerprint density at radius 2 is 0.779 bits per heavy atom. The van der Waals surface area contributed by atoms with Gasteiger partial charge in [-0.05, 0) is 44.4 Å². The van der Waals surface area contributed by atoms with Gasteiger partial charge in [-0.15, -0.1) is 5.54 Å². The second-order valence-electron chi connectivity index (χ2n) is 22.4. The van der Waals surface area contributed by atoms with Crippen molar-refractivity contribution in [3.8, 4) is 11.5 Å². The third-order valence-electron chi connectivity index (χ3n) is 14.2. The molecule has 2 saturated heterocycles. The summed E-state index contributed by atoms with van der Waals surface area (Å²) in [5.74, 6) is -6.93. The van der Waals surface area contributed by atoms with Gasteiger partial charge in [0.1, 0.15) is 14.1 Å². The molecule has 0 aliphatic carbocycles. The minimum atomic E-state index is -1.58. The van der Waals surface area contributed by atoms with Gasteiger partial charge in [-0.25, -0.2) is 0 Å². The maximum Gasteiger partial charge on any atom is 0.317 e. The van der Waals surface area contributed by atoms with Crippen LogP contribution in [0.15, 0.2) is 24.3 Å². The number of hydrogen-bond donors (Lipinski definition) is 11. The second kappa shape index (κ2) is 38.1. The predicted molar refractivity (Wildman–Crippen MR) is 315 cm³/mol. The van der Waals surface area contributed by atoms with E-state index in [0.717, 1.165) is 11.1 Å². The fraction of sp³-hybridized carbons (Fsp3) is 0.655. The van der Waals surface area contributed by atoms with Crippen molar-refractivity contribution >= 4 is 73.4 Å². The molecular weight excluding hydrogens is 1140 g/mol. The third kappa shape index (κ3) is 31.3. The Morgan fingerprint density at radius 1 is 0.453 bits per heavy atom. The van der Waals surface area contributed by atoms with E-state index in [0.29, 0.717) is 12.8 Å². The molecule has 2 aliphatic rings. The summed E-state index contributed by atoms with van der Waals surface area (Å²) in [5.41, 5.74) is 5.22. The average Bonchev–Trinajstić information content (AvgIpc) is 3.54. The predicted octanol–water partition coefficient (Wildman–Crippen LogP) is -4.47. The van der Waals surface area contributed by atoms with E-state index in [-0.39, 0.29) is 151 Å². The zero-order valence-corrected chi connectivity index (χ0v) is 51.1. The Balaban J connectivity index is 1.74. The first-order chi connectivity index (χ1) is 40.5. The molecule has 30 nitrogen and oxygen atoms in total. The fourth-order valence-corrected chi connectivity index (χ4v) is 9.83. The van der Waals surface area contributed by atoms with E-state index in [9.17, 15) is 83.4 Å². The molecule has 0 radical (unpaired) electrons. The van der Waals surface area contributed by atoms with Crippen LogP contribution < -0.4 is 26.6 Å². The number of aryl methyl sites for hydroxylation is 1. The molecule has 86 heavy (non-hydrogen) atoms. The van der Waals surface area contributed by atoms with Crippen molar-refractivity contribution in [3.63, 3.8) is 0 Å². The van der Waals surface area contributed by atoms with Gasteiger partial charge in [0.25, 0.3) is 0 Å². The molecule has 11 N–H and O–H groups in total. The number of aliphatic carboxylic acids is 6. The highest BCUT2D eigenvalue weighted by Gasteiger charge is 2.29. The lowest BCUT2D eigenvalue weighted by Crippen LogP contribution is -2.56. The largest absolute Gasteiger partial charge is 0.480 e. The number of carbonyl (C=O) groups excluding carboxylic acids is 5. The summed E-state index contributed by atoms with van der Waals surface area (Å²) in [7, 11) is -1.58.